The third-order valence-electron chi connectivity index (χ3n) is 6.02. The average molecular weight is 475 g/mol. The van der Waals surface area contributed by atoms with Crippen LogP contribution in [0.1, 0.15) is 32.7 Å². The topological polar surface area (TPSA) is 84.0 Å². The number of anilines is 2. The quantitative estimate of drug-likeness (QED) is 0.318. The molecule has 34 heavy (non-hydrogen) atoms. The fourth-order valence-corrected chi connectivity index (χ4v) is 4.56. The molecular weight excluding hydrogens is 456 g/mol. The number of nitrogens with zero attached hydrogens (tertiary/aromatic N) is 2. The molecule has 0 N–H and O–H groups in total. The molecule has 0 bridgehead atoms. The second kappa shape index (κ2) is 8.43. The Bertz CT molecular complexity index is 1330. The van der Waals surface area contributed by atoms with E-state index < -0.39 is 23.7 Å². The van der Waals surface area contributed by atoms with E-state index >= 15 is 0 Å². The Morgan fingerprint density at radius 3 is 2.21 bits per heavy atom. The first-order valence-electron chi connectivity index (χ1n) is 10.7. The van der Waals surface area contributed by atoms with Crippen LogP contribution in [-0.4, -0.2) is 30.2 Å². The van der Waals surface area contributed by atoms with E-state index in [0.717, 1.165) is 4.90 Å². The second-order valence-corrected chi connectivity index (χ2v) is 8.62. The highest BCUT2D eigenvalue weighted by atomic mass is 35.5. The van der Waals surface area contributed by atoms with Gasteiger partial charge >= 0.3 is 5.97 Å². The molecule has 5 rings (SSSR count). The van der Waals surface area contributed by atoms with E-state index in [1.807, 2.05) is 0 Å². The maximum Gasteiger partial charge on any atom is 0.316 e. The minimum atomic E-state index is -0.639. The lowest BCUT2D eigenvalue weighted by Gasteiger charge is -2.18. The number of ether oxygens (including phenoxy) is 1. The summed E-state index contributed by atoms with van der Waals surface area (Å²) in [5, 5.41) is 0.434. The third-order valence-corrected chi connectivity index (χ3v) is 6.34. The van der Waals surface area contributed by atoms with E-state index in [-0.39, 0.29) is 24.6 Å². The van der Waals surface area contributed by atoms with E-state index in [4.69, 9.17) is 16.3 Å². The van der Waals surface area contributed by atoms with Gasteiger partial charge in [0.2, 0.25) is 5.91 Å². The van der Waals surface area contributed by atoms with Crippen molar-refractivity contribution in [1.82, 2.24) is 0 Å². The van der Waals surface area contributed by atoms with E-state index in [1.54, 1.807) is 67.6 Å². The number of fused-ring (bicyclic) bond motifs is 1. The van der Waals surface area contributed by atoms with E-state index in [0.29, 0.717) is 33.1 Å². The van der Waals surface area contributed by atoms with Crippen molar-refractivity contribution in [3.63, 3.8) is 0 Å². The number of esters is 1. The number of hydrogen-bond acceptors (Lipinski definition) is 5. The summed E-state index contributed by atoms with van der Waals surface area (Å²) in [6.07, 6.45) is 0.0240. The van der Waals surface area contributed by atoms with E-state index in [9.17, 15) is 19.2 Å². The lowest BCUT2D eigenvalue weighted by molar-refractivity contribution is -0.139. The van der Waals surface area contributed by atoms with Crippen molar-refractivity contribution in [2.24, 2.45) is 5.92 Å². The van der Waals surface area contributed by atoms with Crippen LogP contribution in [-0.2, 0) is 9.59 Å². The van der Waals surface area contributed by atoms with Gasteiger partial charge in [-0.1, -0.05) is 35.9 Å². The normalized spacial score (nSPS) is 17.4. The van der Waals surface area contributed by atoms with Gasteiger partial charge < -0.3 is 9.64 Å². The molecule has 3 aromatic rings. The molecule has 0 spiro atoms. The second-order valence-electron chi connectivity index (χ2n) is 8.22. The zero-order valence-electron chi connectivity index (χ0n) is 18.2. The molecule has 3 amide bonds. The van der Waals surface area contributed by atoms with Crippen LogP contribution in [0, 0.1) is 12.8 Å². The van der Waals surface area contributed by atoms with Gasteiger partial charge in [-0.3, -0.25) is 19.2 Å². The van der Waals surface area contributed by atoms with Crippen molar-refractivity contribution < 1.29 is 23.9 Å². The van der Waals surface area contributed by atoms with Gasteiger partial charge in [-0.2, -0.15) is 0 Å². The monoisotopic (exact) mass is 474 g/mol. The van der Waals surface area contributed by atoms with E-state index in [1.165, 1.54) is 11.0 Å². The number of carbonyl (C=O) groups is 4. The van der Waals surface area contributed by atoms with Crippen LogP contribution >= 0.6 is 11.6 Å². The summed E-state index contributed by atoms with van der Waals surface area (Å²) >= 11 is 6.20. The van der Waals surface area contributed by atoms with Crippen LogP contribution in [0.25, 0.3) is 0 Å². The molecule has 1 atom stereocenters. The Hall–Kier alpha value is -3.97. The molecule has 8 heteroatoms. The highest BCUT2D eigenvalue weighted by Crippen LogP contribution is 2.34. The van der Waals surface area contributed by atoms with Gasteiger partial charge in [0.15, 0.2) is 0 Å². The van der Waals surface area contributed by atoms with Gasteiger partial charge in [0.25, 0.3) is 11.8 Å². The van der Waals surface area contributed by atoms with E-state index in [2.05, 4.69) is 0 Å². The molecule has 170 valence electrons. The lowest BCUT2D eigenvalue weighted by Crippen LogP contribution is -2.30. The number of aryl methyl sites for hydroxylation is 1. The largest absolute Gasteiger partial charge is 0.426 e. The predicted octanol–water partition coefficient (Wildman–Crippen LogP) is 4.41. The number of rotatable bonds is 4. The maximum atomic E-state index is 12.8. The molecule has 3 aromatic carbocycles. The molecule has 0 saturated carbocycles. The zero-order valence-corrected chi connectivity index (χ0v) is 18.9. The minimum Gasteiger partial charge on any atom is -0.426 e. The number of amides is 3. The number of hydrogen-bond donors (Lipinski definition) is 0. The van der Waals surface area contributed by atoms with Crippen LogP contribution in [0.15, 0.2) is 66.7 Å². The highest BCUT2D eigenvalue weighted by molar-refractivity contribution is 6.35. The van der Waals surface area contributed by atoms with Gasteiger partial charge in [-0.15, -0.1) is 0 Å². The van der Waals surface area contributed by atoms with Crippen LogP contribution in [0.4, 0.5) is 11.4 Å². The molecule has 2 heterocycles. The van der Waals surface area contributed by atoms with Crippen molar-refractivity contribution >= 4 is 46.7 Å². The molecule has 0 radical (unpaired) electrons. The molecule has 0 aromatic heterocycles. The Labute approximate surface area is 200 Å². The minimum absolute atomic E-state index is 0.0240. The number of carbonyl (C=O) groups excluding carboxylic acids is 4. The third kappa shape index (κ3) is 3.64. The number of imide groups is 1. The molecule has 2 aliphatic heterocycles. The van der Waals surface area contributed by atoms with Crippen molar-refractivity contribution in [2.75, 3.05) is 16.3 Å². The van der Waals surface area contributed by atoms with Gasteiger partial charge in [-0.05, 0) is 55.0 Å². The van der Waals surface area contributed by atoms with Crippen LogP contribution in [0.3, 0.4) is 0 Å². The Kier molecular flexibility index (Phi) is 5.42. The molecular formula is C26H19ClN2O5. The van der Waals surface area contributed by atoms with Crippen LogP contribution in [0.5, 0.6) is 5.75 Å². The summed E-state index contributed by atoms with van der Waals surface area (Å²) in [5.74, 6) is -1.88. The fraction of sp³-hybridized carbons (Fsp3) is 0.154. The summed E-state index contributed by atoms with van der Waals surface area (Å²) in [7, 11) is 0. The molecule has 1 fully saturated rings. The predicted molar refractivity (Wildman–Crippen MR) is 126 cm³/mol. The Balaban J connectivity index is 1.31. The standard InChI is InChI=1S/C26H19ClN2O5/c1-15-12-17(10-11-21(15)29-24(31)18-6-2-3-7-19(18)25(29)32)34-26(33)16-13-23(30)28(14-16)22-9-5-4-8-20(22)27/h2-12,16H,13-14H2,1H3/t16-/m0/s1. The van der Waals surface area contributed by atoms with Gasteiger partial charge in [0.1, 0.15) is 5.75 Å². The molecule has 0 unspecified atom stereocenters. The van der Waals surface area contributed by atoms with Gasteiger partial charge in [-0.25, -0.2) is 4.90 Å². The highest BCUT2D eigenvalue weighted by Gasteiger charge is 2.38. The summed E-state index contributed by atoms with van der Waals surface area (Å²) in [6.45, 7) is 1.90. The SMILES string of the molecule is Cc1cc(OC(=O)[C@H]2CC(=O)N(c3ccccc3Cl)C2)ccc1N1C(=O)c2ccccc2C1=O. The van der Waals surface area contributed by atoms with Crippen molar-refractivity contribution in [1.29, 1.82) is 0 Å². The van der Waals surface area contributed by atoms with Crippen molar-refractivity contribution in [3.8, 4) is 5.75 Å². The lowest BCUT2D eigenvalue weighted by atomic mass is 10.1. The number of halogens is 1. The fourth-order valence-electron chi connectivity index (χ4n) is 4.32. The summed E-state index contributed by atoms with van der Waals surface area (Å²) in [6, 6.07) is 18.3. The Morgan fingerprint density at radius 1 is 0.912 bits per heavy atom. The summed E-state index contributed by atoms with van der Waals surface area (Å²) in [5.41, 5.74) is 2.30. The average Bonchev–Trinajstić information content (AvgIpc) is 3.33. The van der Waals surface area contributed by atoms with Crippen LogP contribution in [0.2, 0.25) is 5.02 Å². The Morgan fingerprint density at radius 2 is 1.56 bits per heavy atom. The first-order chi connectivity index (χ1) is 16.3. The number of para-hydroxylation sites is 1. The van der Waals surface area contributed by atoms with Gasteiger partial charge in [0.05, 0.1) is 33.4 Å². The van der Waals surface area contributed by atoms with Crippen LogP contribution < -0.4 is 14.5 Å². The van der Waals surface area contributed by atoms with Gasteiger partial charge in [0, 0.05) is 13.0 Å². The molecule has 2 aliphatic rings. The first kappa shape index (κ1) is 21.9. The summed E-state index contributed by atoms with van der Waals surface area (Å²) < 4.78 is 5.54. The first-order valence-corrected chi connectivity index (χ1v) is 11.1. The number of benzene rings is 3. The summed E-state index contributed by atoms with van der Waals surface area (Å²) in [4.78, 5) is 53.4. The zero-order chi connectivity index (χ0) is 24.0. The molecule has 1 saturated heterocycles. The van der Waals surface area contributed by atoms with Crippen molar-refractivity contribution in [2.45, 2.75) is 13.3 Å². The smallest absolute Gasteiger partial charge is 0.316 e. The molecule has 7 nitrogen and oxygen atoms in total. The van der Waals surface area contributed by atoms with Crippen molar-refractivity contribution in [3.05, 3.63) is 88.4 Å². The maximum absolute atomic E-state index is 12.8. The molecule has 0 aliphatic carbocycles.